The minimum Gasteiger partial charge on any atom is -0.368 e. The molecule has 0 aromatic heterocycles. The van der Waals surface area contributed by atoms with Crippen molar-refractivity contribution in [3.63, 3.8) is 0 Å². The third-order valence-corrected chi connectivity index (χ3v) is 3.53. The molecule has 2 amide bonds. The Kier molecular flexibility index (Phi) is 5.41. The summed E-state index contributed by atoms with van der Waals surface area (Å²) in [5, 5.41) is 3.61. The van der Waals surface area contributed by atoms with E-state index in [1.165, 1.54) is 6.07 Å². The quantitative estimate of drug-likeness (QED) is 0.881. The van der Waals surface area contributed by atoms with Crippen LogP contribution in [0.25, 0.3) is 0 Å². The maximum atomic E-state index is 12.2. The lowest BCUT2D eigenvalue weighted by Gasteiger charge is -2.16. The van der Waals surface area contributed by atoms with E-state index < -0.39 is 17.9 Å². The van der Waals surface area contributed by atoms with Gasteiger partial charge in [-0.05, 0) is 35.9 Å². The van der Waals surface area contributed by atoms with Gasteiger partial charge in [-0.15, -0.1) is 0 Å². The van der Waals surface area contributed by atoms with Crippen LogP contribution in [0.5, 0.6) is 0 Å². The van der Waals surface area contributed by atoms with Crippen molar-refractivity contribution in [2.75, 3.05) is 0 Å². The number of nitrogens with two attached hydrogens (primary N) is 1. The summed E-state index contributed by atoms with van der Waals surface area (Å²) in [5.74, 6) is -1.02. The van der Waals surface area contributed by atoms with Crippen molar-refractivity contribution in [1.29, 1.82) is 0 Å². The Morgan fingerprint density at radius 3 is 2.27 bits per heavy atom. The molecule has 0 saturated heterocycles. The number of primary amides is 1. The Morgan fingerprint density at radius 2 is 1.68 bits per heavy atom. The standard InChI is InChI=1S/C16H14Cl2N2O2/c17-12-5-1-3-10(7-12)8-14(15(19)21)20-16(22)11-4-2-6-13(18)9-11/h1-7,9,14H,8H2,(H2,19,21)(H,20,22)/t14-/m0/s1. The van der Waals surface area contributed by atoms with Crippen molar-refractivity contribution >= 4 is 35.0 Å². The first-order valence-electron chi connectivity index (χ1n) is 6.56. The Balaban J connectivity index is 2.12. The van der Waals surface area contributed by atoms with Crippen LogP contribution in [0.1, 0.15) is 15.9 Å². The zero-order valence-electron chi connectivity index (χ0n) is 11.6. The molecule has 3 N–H and O–H groups in total. The number of hydrogen-bond acceptors (Lipinski definition) is 2. The molecular formula is C16H14Cl2N2O2. The van der Waals surface area contributed by atoms with E-state index in [0.717, 1.165) is 5.56 Å². The molecule has 0 aliphatic carbocycles. The summed E-state index contributed by atoms with van der Waals surface area (Å²) in [7, 11) is 0. The highest BCUT2D eigenvalue weighted by atomic mass is 35.5. The number of rotatable bonds is 5. The normalized spacial score (nSPS) is 11.7. The lowest BCUT2D eigenvalue weighted by atomic mass is 10.0. The predicted octanol–water partition coefficient (Wildman–Crippen LogP) is 2.82. The molecule has 0 aliphatic rings. The van der Waals surface area contributed by atoms with E-state index in [1.54, 1.807) is 36.4 Å². The van der Waals surface area contributed by atoms with Crippen LogP contribution in [0.2, 0.25) is 10.0 Å². The van der Waals surface area contributed by atoms with E-state index in [-0.39, 0.29) is 6.42 Å². The van der Waals surface area contributed by atoms with Crippen molar-refractivity contribution < 1.29 is 9.59 Å². The number of benzene rings is 2. The second kappa shape index (κ2) is 7.29. The number of halogens is 2. The minimum absolute atomic E-state index is 0.266. The van der Waals surface area contributed by atoms with Gasteiger partial charge in [-0.3, -0.25) is 9.59 Å². The van der Waals surface area contributed by atoms with Crippen molar-refractivity contribution in [3.8, 4) is 0 Å². The summed E-state index contributed by atoms with van der Waals surface area (Å²) in [6, 6.07) is 12.7. The van der Waals surface area contributed by atoms with Gasteiger partial charge in [-0.2, -0.15) is 0 Å². The Labute approximate surface area is 138 Å². The minimum atomic E-state index is -0.829. The van der Waals surface area contributed by atoms with E-state index in [1.807, 2.05) is 6.07 Å². The van der Waals surface area contributed by atoms with Crippen molar-refractivity contribution in [1.82, 2.24) is 5.32 Å². The van der Waals surface area contributed by atoms with Gasteiger partial charge >= 0.3 is 0 Å². The Hall–Kier alpha value is -2.04. The fourth-order valence-electron chi connectivity index (χ4n) is 1.99. The summed E-state index contributed by atoms with van der Waals surface area (Å²) in [6.07, 6.45) is 0.266. The lowest BCUT2D eigenvalue weighted by Crippen LogP contribution is -2.45. The number of hydrogen-bond donors (Lipinski definition) is 2. The van der Waals surface area contributed by atoms with Crippen molar-refractivity contribution in [2.45, 2.75) is 12.5 Å². The molecule has 114 valence electrons. The van der Waals surface area contributed by atoms with Gasteiger partial charge in [0, 0.05) is 22.0 Å². The number of carbonyl (C=O) groups excluding carboxylic acids is 2. The molecule has 4 nitrogen and oxygen atoms in total. The predicted molar refractivity (Wildman–Crippen MR) is 87.1 cm³/mol. The molecule has 1 atom stereocenters. The van der Waals surface area contributed by atoms with Gasteiger partial charge in [-0.1, -0.05) is 41.4 Å². The van der Waals surface area contributed by atoms with E-state index in [4.69, 9.17) is 28.9 Å². The number of amides is 2. The highest BCUT2D eigenvalue weighted by Crippen LogP contribution is 2.14. The SMILES string of the molecule is NC(=O)[C@H](Cc1cccc(Cl)c1)NC(=O)c1cccc(Cl)c1. The summed E-state index contributed by atoms with van der Waals surface area (Å²) < 4.78 is 0. The van der Waals surface area contributed by atoms with E-state index in [9.17, 15) is 9.59 Å². The zero-order valence-corrected chi connectivity index (χ0v) is 13.1. The molecule has 2 aromatic rings. The Morgan fingerprint density at radius 1 is 1.05 bits per heavy atom. The second-order valence-electron chi connectivity index (χ2n) is 4.77. The summed E-state index contributed by atoms with van der Waals surface area (Å²) in [4.78, 5) is 23.7. The second-order valence-corrected chi connectivity index (χ2v) is 5.65. The topological polar surface area (TPSA) is 72.2 Å². The van der Waals surface area contributed by atoms with Crippen LogP contribution in [0.4, 0.5) is 0 Å². The van der Waals surface area contributed by atoms with Gasteiger partial charge in [0.25, 0.3) is 5.91 Å². The first-order valence-corrected chi connectivity index (χ1v) is 7.31. The molecule has 0 spiro atoms. The highest BCUT2D eigenvalue weighted by Gasteiger charge is 2.19. The van der Waals surface area contributed by atoms with Crippen LogP contribution in [-0.2, 0) is 11.2 Å². The molecule has 0 unspecified atom stereocenters. The van der Waals surface area contributed by atoms with Gasteiger partial charge in [0.15, 0.2) is 0 Å². The van der Waals surface area contributed by atoms with E-state index in [2.05, 4.69) is 5.32 Å². The first kappa shape index (κ1) is 16.3. The zero-order chi connectivity index (χ0) is 16.1. The maximum absolute atomic E-state index is 12.2. The number of nitrogens with one attached hydrogen (secondary N) is 1. The average Bonchev–Trinajstić information content (AvgIpc) is 2.46. The maximum Gasteiger partial charge on any atom is 0.251 e. The monoisotopic (exact) mass is 336 g/mol. The lowest BCUT2D eigenvalue weighted by molar-refractivity contribution is -0.119. The number of carbonyl (C=O) groups is 2. The van der Waals surface area contributed by atoms with Gasteiger partial charge in [-0.25, -0.2) is 0 Å². The van der Waals surface area contributed by atoms with Crippen LogP contribution in [-0.4, -0.2) is 17.9 Å². The molecule has 0 heterocycles. The highest BCUT2D eigenvalue weighted by molar-refractivity contribution is 6.31. The molecule has 6 heteroatoms. The molecule has 0 fully saturated rings. The Bertz CT molecular complexity index is 704. The smallest absolute Gasteiger partial charge is 0.251 e. The van der Waals surface area contributed by atoms with Gasteiger partial charge in [0.1, 0.15) is 6.04 Å². The molecule has 0 saturated carbocycles. The average molecular weight is 337 g/mol. The van der Waals surface area contributed by atoms with E-state index >= 15 is 0 Å². The van der Waals surface area contributed by atoms with Crippen LogP contribution >= 0.6 is 23.2 Å². The fourth-order valence-corrected chi connectivity index (χ4v) is 2.40. The molecule has 0 bridgehead atoms. The van der Waals surface area contributed by atoms with Crippen molar-refractivity contribution in [3.05, 3.63) is 69.7 Å². The van der Waals surface area contributed by atoms with E-state index in [0.29, 0.717) is 15.6 Å². The molecular weight excluding hydrogens is 323 g/mol. The summed E-state index contributed by atoms with van der Waals surface area (Å²) >= 11 is 11.8. The van der Waals surface area contributed by atoms with Crippen LogP contribution < -0.4 is 11.1 Å². The summed E-state index contributed by atoms with van der Waals surface area (Å²) in [5.41, 5.74) is 6.54. The fraction of sp³-hybridized carbons (Fsp3) is 0.125. The summed E-state index contributed by atoms with van der Waals surface area (Å²) in [6.45, 7) is 0. The van der Waals surface area contributed by atoms with Crippen LogP contribution in [0.3, 0.4) is 0 Å². The van der Waals surface area contributed by atoms with Crippen molar-refractivity contribution in [2.24, 2.45) is 5.73 Å². The molecule has 0 aliphatic heterocycles. The van der Waals surface area contributed by atoms with Gasteiger partial charge in [0.05, 0.1) is 0 Å². The van der Waals surface area contributed by atoms with Gasteiger partial charge in [0.2, 0.25) is 5.91 Å². The van der Waals surface area contributed by atoms with Gasteiger partial charge < -0.3 is 11.1 Å². The van der Waals surface area contributed by atoms with Crippen LogP contribution in [0.15, 0.2) is 48.5 Å². The molecule has 2 rings (SSSR count). The third-order valence-electron chi connectivity index (χ3n) is 3.06. The molecule has 2 aromatic carbocycles. The largest absolute Gasteiger partial charge is 0.368 e. The molecule has 0 radical (unpaired) electrons. The first-order chi connectivity index (χ1) is 10.5. The third kappa shape index (κ3) is 4.48. The van der Waals surface area contributed by atoms with Crippen LogP contribution in [0, 0.1) is 0 Å². The molecule has 22 heavy (non-hydrogen) atoms.